The van der Waals surface area contributed by atoms with Crippen molar-refractivity contribution in [3.8, 4) is 28.7 Å². The highest BCUT2D eigenvalue weighted by molar-refractivity contribution is 5.95. The van der Waals surface area contributed by atoms with E-state index in [1.807, 2.05) is 36.1 Å². The van der Waals surface area contributed by atoms with E-state index in [0.717, 1.165) is 35.9 Å². The number of rotatable bonds is 7. The van der Waals surface area contributed by atoms with Crippen LogP contribution in [-0.4, -0.2) is 68.2 Å². The van der Waals surface area contributed by atoms with Gasteiger partial charge in [-0.15, -0.1) is 0 Å². The summed E-state index contributed by atoms with van der Waals surface area (Å²) >= 11 is 0. The third-order valence-electron chi connectivity index (χ3n) is 5.86. The Bertz CT molecular complexity index is 1080. The molecule has 174 valence electrons. The summed E-state index contributed by atoms with van der Waals surface area (Å²) in [5.41, 5.74) is 2.39. The number of nitrogens with zero attached hydrogens (tertiary/aromatic N) is 3. The van der Waals surface area contributed by atoms with Gasteiger partial charge >= 0.3 is 0 Å². The number of piperazine rings is 1. The first-order chi connectivity index (χ1) is 16.0. The molecule has 2 heterocycles. The van der Waals surface area contributed by atoms with Crippen LogP contribution in [0.2, 0.25) is 0 Å². The summed E-state index contributed by atoms with van der Waals surface area (Å²) in [6.45, 7) is 5.42. The van der Waals surface area contributed by atoms with Gasteiger partial charge in [0.25, 0.3) is 5.91 Å². The Morgan fingerprint density at radius 2 is 1.52 bits per heavy atom. The lowest BCUT2D eigenvalue weighted by Crippen LogP contribution is -2.48. The maximum atomic E-state index is 13.0. The number of carbonyl (C=O) groups excluding carboxylic acids is 1. The molecule has 0 radical (unpaired) electrons. The normalized spacial score (nSPS) is 14.2. The van der Waals surface area contributed by atoms with Gasteiger partial charge in [0.15, 0.2) is 0 Å². The largest absolute Gasteiger partial charge is 0.497 e. The summed E-state index contributed by atoms with van der Waals surface area (Å²) < 4.78 is 21.7. The van der Waals surface area contributed by atoms with Crippen molar-refractivity contribution in [3.05, 3.63) is 59.5 Å². The number of ether oxygens (including phenoxy) is 3. The van der Waals surface area contributed by atoms with Crippen molar-refractivity contribution in [3.63, 3.8) is 0 Å². The lowest BCUT2D eigenvalue weighted by molar-refractivity contribution is 0.0626. The molecule has 1 saturated heterocycles. The van der Waals surface area contributed by atoms with Crippen LogP contribution in [0.25, 0.3) is 11.5 Å². The fourth-order valence-corrected chi connectivity index (χ4v) is 3.87. The number of oxazole rings is 1. The molecule has 8 heteroatoms. The topological polar surface area (TPSA) is 77.3 Å². The van der Waals surface area contributed by atoms with Gasteiger partial charge in [0.1, 0.15) is 23.0 Å². The van der Waals surface area contributed by atoms with Crippen LogP contribution in [0.15, 0.2) is 46.9 Å². The smallest absolute Gasteiger partial charge is 0.254 e. The van der Waals surface area contributed by atoms with Crippen molar-refractivity contribution in [2.24, 2.45) is 0 Å². The van der Waals surface area contributed by atoms with Gasteiger partial charge in [-0.3, -0.25) is 9.69 Å². The fraction of sp³-hybridized carbons (Fsp3) is 0.360. The number of hydrogen-bond donors (Lipinski definition) is 0. The van der Waals surface area contributed by atoms with E-state index in [0.29, 0.717) is 42.6 Å². The van der Waals surface area contributed by atoms with Gasteiger partial charge in [0, 0.05) is 49.9 Å². The van der Waals surface area contributed by atoms with E-state index < -0.39 is 0 Å². The lowest BCUT2D eigenvalue weighted by atomic mass is 10.1. The highest BCUT2D eigenvalue weighted by Gasteiger charge is 2.24. The molecule has 1 aliphatic heterocycles. The summed E-state index contributed by atoms with van der Waals surface area (Å²) in [7, 11) is 4.80. The van der Waals surface area contributed by atoms with Crippen LogP contribution in [0.4, 0.5) is 0 Å². The number of hydrogen-bond acceptors (Lipinski definition) is 7. The summed E-state index contributed by atoms with van der Waals surface area (Å²) in [4.78, 5) is 21.9. The van der Waals surface area contributed by atoms with Crippen LogP contribution in [0.5, 0.6) is 17.2 Å². The number of benzene rings is 2. The molecular formula is C25H29N3O5. The highest BCUT2D eigenvalue weighted by atomic mass is 16.5. The van der Waals surface area contributed by atoms with Crippen molar-refractivity contribution in [1.82, 2.24) is 14.8 Å². The first-order valence-corrected chi connectivity index (χ1v) is 10.9. The zero-order valence-electron chi connectivity index (χ0n) is 19.5. The Hall–Kier alpha value is -3.52. The van der Waals surface area contributed by atoms with E-state index in [4.69, 9.17) is 23.6 Å². The van der Waals surface area contributed by atoms with Crippen LogP contribution < -0.4 is 14.2 Å². The van der Waals surface area contributed by atoms with Gasteiger partial charge < -0.3 is 23.5 Å². The van der Waals surface area contributed by atoms with Crippen LogP contribution in [-0.2, 0) is 6.54 Å². The standard InChI is InChI=1S/C25H29N3O5/c1-17-23(26-24(33-17)18-5-7-20(30-2)8-6-18)16-27-9-11-28(12-10-27)25(29)19-13-21(31-3)15-22(14-19)32-4/h5-8,13-15H,9-12,16H2,1-4H3. The third kappa shape index (κ3) is 5.12. The molecule has 0 spiro atoms. The molecule has 0 saturated carbocycles. The van der Waals surface area contributed by atoms with E-state index in [9.17, 15) is 4.79 Å². The zero-order valence-corrected chi connectivity index (χ0v) is 19.5. The van der Waals surface area contributed by atoms with Gasteiger partial charge in [-0.05, 0) is 43.3 Å². The molecule has 4 rings (SSSR count). The van der Waals surface area contributed by atoms with E-state index in [2.05, 4.69) is 4.90 Å². The summed E-state index contributed by atoms with van der Waals surface area (Å²) in [6, 6.07) is 12.9. The second kappa shape index (κ2) is 9.95. The second-order valence-electron chi connectivity index (χ2n) is 7.92. The van der Waals surface area contributed by atoms with Crippen LogP contribution in [0.3, 0.4) is 0 Å². The number of aromatic nitrogens is 1. The summed E-state index contributed by atoms with van der Waals surface area (Å²) in [6.07, 6.45) is 0. The molecule has 0 aliphatic carbocycles. The second-order valence-corrected chi connectivity index (χ2v) is 7.92. The first-order valence-electron chi connectivity index (χ1n) is 10.9. The van der Waals surface area contributed by atoms with Crippen molar-refractivity contribution < 1.29 is 23.4 Å². The molecule has 3 aromatic rings. The first kappa shape index (κ1) is 22.7. The molecule has 8 nitrogen and oxygen atoms in total. The van der Waals surface area contributed by atoms with E-state index >= 15 is 0 Å². The Morgan fingerprint density at radius 3 is 2.09 bits per heavy atom. The minimum Gasteiger partial charge on any atom is -0.497 e. The number of methoxy groups -OCH3 is 3. The monoisotopic (exact) mass is 451 g/mol. The molecule has 1 fully saturated rings. The molecule has 2 aromatic carbocycles. The number of amides is 1. The quantitative estimate of drug-likeness (QED) is 0.543. The minimum atomic E-state index is -0.0220. The maximum absolute atomic E-state index is 13.0. The predicted octanol–water partition coefficient (Wildman–Crippen LogP) is 3.63. The molecule has 0 atom stereocenters. The summed E-state index contributed by atoms with van der Waals surface area (Å²) in [5.74, 6) is 3.39. The average molecular weight is 452 g/mol. The third-order valence-corrected chi connectivity index (χ3v) is 5.86. The van der Waals surface area contributed by atoms with Gasteiger partial charge in [-0.1, -0.05) is 0 Å². The molecule has 0 bridgehead atoms. The fourth-order valence-electron chi connectivity index (χ4n) is 3.87. The van der Waals surface area contributed by atoms with E-state index in [1.165, 1.54) is 0 Å². The molecule has 1 aliphatic rings. The van der Waals surface area contributed by atoms with Gasteiger partial charge in [0.05, 0.1) is 27.0 Å². The Morgan fingerprint density at radius 1 is 0.909 bits per heavy atom. The van der Waals surface area contributed by atoms with Crippen molar-refractivity contribution in [1.29, 1.82) is 0 Å². The Labute approximate surface area is 193 Å². The lowest BCUT2D eigenvalue weighted by Gasteiger charge is -2.34. The molecule has 1 amide bonds. The maximum Gasteiger partial charge on any atom is 0.254 e. The molecular weight excluding hydrogens is 422 g/mol. The minimum absolute atomic E-state index is 0.0220. The highest BCUT2D eigenvalue weighted by Crippen LogP contribution is 2.26. The van der Waals surface area contributed by atoms with E-state index in [1.54, 1.807) is 39.5 Å². The van der Waals surface area contributed by atoms with Gasteiger partial charge in [-0.2, -0.15) is 0 Å². The van der Waals surface area contributed by atoms with E-state index in [-0.39, 0.29) is 5.91 Å². The average Bonchev–Trinajstić information content (AvgIpc) is 3.23. The predicted molar refractivity (Wildman–Crippen MR) is 124 cm³/mol. The van der Waals surface area contributed by atoms with Crippen molar-refractivity contribution in [2.45, 2.75) is 13.5 Å². The molecule has 33 heavy (non-hydrogen) atoms. The van der Waals surface area contributed by atoms with Crippen molar-refractivity contribution >= 4 is 5.91 Å². The zero-order chi connectivity index (χ0) is 23.4. The summed E-state index contributed by atoms with van der Waals surface area (Å²) in [5, 5.41) is 0. The van der Waals surface area contributed by atoms with Crippen molar-refractivity contribution in [2.75, 3.05) is 47.5 Å². The number of carbonyl (C=O) groups is 1. The Balaban J connectivity index is 1.38. The Kier molecular flexibility index (Phi) is 6.84. The van der Waals surface area contributed by atoms with Crippen LogP contribution in [0.1, 0.15) is 21.8 Å². The molecule has 0 unspecified atom stereocenters. The van der Waals surface area contributed by atoms with Crippen LogP contribution in [0, 0.1) is 6.92 Å². The van der Waals surface area contributed by atoms with Crippen LogP contribution >= 0.6 is 0 Å². The van der Waals surface area contributed by atoms with Gasteiger partial charge in [-0.25, -0.2) is 4.98 Å². The molecule has 0 N–H and O–H groups in total. The number of aryl methyl sites for hydroxylation is 1. The SMILES string of the molecule is COc1ccc(-c2nc(CN3CCN(C(=O)c4cc(OC)cc(OC)c4)CC3)c(C)o2)cc1. The molecule has 1 aromatic heterocycles. The van der Waals surface area contributed by atoms with Gasteiger partial charge in [0.2, 0.25) is 5.89 Å².